The molecular formula is C23H19FN4O2. The number of amides is 1. The van der Waals surface area contributed by atoms with E-state index in [2.05, 4.69) is 10.3 Å². The molecule has 0 saturated heterocycles. The lowest BCUT2D eigenvalue weighted by molar-refractivity contribution is 0.0947. The Kier molecular flexibility index (Phi) is 5.52. The fraction of sp³-hybridized carbons (Fsp3) is 0.0870. The molecule has 0 saturated carbocycles. The molecule has 150 valence electrons. The molecule has 2 heterocycles. The van der Waals surface area contributed by atoms with Gasteiger partial charge in [-0.25, -0.2) is 9.07 Å². The highest BCUT2D eigenvalue weighted by Crippen LogP contribution is 2.24. The highest BCUT2D eigenvalue weighted by atomic mass is 19.1. The van der Waals surface area contributed by atoms with Crippen molar-refractivity contribution in [1.82, 2.24) is 20.1 Å². The summed E-state index contributed by atoms with van der Waals surface area (Å²) >= 11 is 0. The van der Waals surface area contributed by atoms with Gasteiger partial charge in [-0.2, -0.15) is 5.10 Å². The number of methoxy groups -OCH3 is 1. The standard InChI is InChI=1S/C23H19FN4O2/c1-30-21-8-7-18(24)13-20(21)23(29)26-14-17-15-28(19-5-3-2-4-6-19)27-22(17)16-9-11-25-12-10-16/h2-13,15H,14H2,1H3,(H,26,29). The minimum absolute atomic E-state index is 0.137. The van der Waals surface area contributed by atoms with E-state index in [1.165, 1.54) is 19.2 Å². The highest BCUT2D eigenvalue weighted by Gasteiger charge is 2.16. The van der Waals surface area contributed by atoms with Gasteiger partial charge in [-0.3, -0.25) is 9.78 Å². The SMILES string of the molecule is COc1ccc(F)cc1C(=O)NCc1cn(-c2ccccc2)nc1-c1ccncc1. The van der Waals surface area contributed by atoms with Gasteiger partial charge in [0.15, 0.2) is 0 Å². The van der Waals surface area contributed by atoms with Crippen molar-refractivity contribution in [2.75, 3.05) is 7.11 Å². The van der Waals surface area contributed by atoms with Crippen molar-refractivity contribution >= 4 is 5.91 Å². The van der Waals surface area contributed by atoms with E-state index in [-0.39, 0.29) is 12.1 Å². The van der Waals surface area contributed by atoms with E-state index in [9.17, 15) is 9.18 Å². The van der Waals surface area contributed by atoms with Gasteiger partial charge in [0.1, 0.15) is 11.6 Å². The molecule has 2 aromatic carbocycles. The van der Waals surface area contributed by atoms with Gasteiger partial charge >= 0.3 is 0 Å². The third kappa shape index (κ3) is 4.05. The predicted octanol–water partition coefficient (Wildman–Crippen LogP) is 4.01. The van der Waals surface area contributed by atoms with E-state index in [0.717, 1.165) is 28.6 Å². The number of rotatable bonds is 6. The molecule has 2 aromatic heterocycles. The molecule has 7 heteroatoms. The number of pyridine rings is 1. The number of para-hydroxylation sites is 1. The number of carbonyl (C=O) groups is 1. The maximum atomic E-state index is 13.6. The Morgan fingerprint density at radius 2 is 1.87 bits per heavy atom. The Balaban J connectivity index is 1.64. The van der Waals surface area contributed by atoms with Crippen LogP contribution in [0.4, 0.5) is 4.39 Å². The first kappa shape index (κ1) is 19.3. The van der Waals surface area contributed by atoms with Crippen LogP contribution >= 0.6 is 0 Å². The average molecular weight is 402 g/mol. The molecule has 30 heavy (non-hydrogen) atoms. The van der Waals surface area contributed by atoms with Crippen LogP contribution < -0.4 is 10.1 Å². The minimum atomic E-state index is -0.504. The maximum Gasteiger partial charge on any atom is 0.255 e. The lowest BCUT2D eigenvalue weighted by Gasteiger charge is -2.09. The first-order valence-corrected chi connectivity index (χ1v) is 9.32. The van der Waals surface area contributed by atoms with Gasteiger partial charge in [-0.1, -0.05) is 18.2 Å². The van der Waals surface area contributed by atoms with Gasteiger partial charge in [0, 0.05) is 36.3 Å². The molecule has 0 aliphatic rings. The molecule has 4 rings (SSSR count). The Labute approximate surface area is 173 Å². The molecule has 0 fully saturated rings. The first-order chi connectivity index (χ1) is 14.7. The number of aromatic nitrogens is 3. The third-order valence-corrected chi connectivity index (χ3v) is 4.61. The maximum absolute atomic E-state index is 13.6. The van der Waals surface area contributed by atoms with Crippen LogP contribution in [-0.4, -0.2) is 27.8 Å². The van der Waals surface area contributed by atoms with E-state index < -0.39 is 11.7 Å². The largest absolute Gasteiger partial charge is 0.496 e. The summed E-state index contributed by atoms with van der Waals surface area (Å²) in [5.41, 5.74) is 3.46. The quantitative estimate of drug-likeness (QED) is 0.529. The smallest absolute Gasteiger partial charge is 0.255 e. The molecule has 0 aliphatic carbocycles. The zero-order valence-electron chi connectivity index (χ0n) is 16.2. The zero-order chi connectivity index (χ0) is 20.9. The van der Waals surface area contributed by atoms with Gasteiger partial charge in [0.25, 0.3) is 5.91 Å². The summed E-state index contributed by atoms with van der Waals surface area (Å²) in [7, 11) is 1.44. The van der Waals surface area contributed by atoms with Crippen molar-refractivity contribution in [2.24, 2.45) is 0 Å². The summed E-state index contributed by atoms with van der Waals surface area (Å²) in [6.45, 7) is 0.211. The van der Waals surface area contributed by atoms with Crippen LogP contribution in [0.5, 0.6) is 5.75 Å². The van der Waals surface area contributed by atoms with Gasteiger partial charge in [-0.15, -0.1) is 0 Å². The van der Waals surface area contributed by atoms with Gasteiger partial charge < -0.3 is 10.1 Å². The van der Waals surface area contributed by atoms with Crippen molar-refractivity contribution in [2.45, 2.75) is 6.54 Å². The van der Waals surface area contributed by atoms with Crippen LogP contribution in [0.2, 0.25) is 0 Å². The van der Waals surface area contributed by atoms with E-state index in [1.807, 2.05) is 48.7 Å². The number of carbonyl (C=O) groups excluding carboxylic acids is 1. The Morgan fingerprint density at radius 1 is 1.10 bits per heavy atom. The summed E-state index contributed by atoms with van der Waals surface area (Å²) in [6, 6.07) is 17.3. The lowest BCUT2D eigenvalue weighted by Crippen LogP contribution is -2.23. The summed E-state index contributed by atoms with van der Waals surface area (Å²) in [6.07, 6.45) is 5.25. The summed E-state index contributed by atoms with van der Waals surface area (Å²) in [5.74, 6) is -0.627. The fourth-order valence-corrected chi connectivity index (χ4v) is 3.13. The van der Waals surface area contributed by atoms with Crippen molar-refractivity contribution in [3.63, 3.8) is 0 Å². The molecule has 0 radical (unpaired) electrons. The monoisotopic (exact) mass is 402 g/mol. The number of benzene rings is 2. The van der Waals surface area contributed by atoms with Crippen LogP contribution in [0.25, 0.3) is 16.9 Å². The van der Waals surface area contributed by atoms with E-state index >= 15 is 0 Å². The van der Waals surface area contributed by atoms with E-state index in [4.69, 9.17) is 9.84 Å². The van der Waals surface area contributed by atoms with Gasteiger partial charge in [0.05, 0.1) is 24.1 Å². The predicted molar refractivity (Wildman–Crippen MR) is 111 cm³/mol. The Hall–Kier alpha value is -4.00. The lowest BCUT2D eigenvalue weighted by atomic mass is 10.1. The average Bonchev–Trinajstić information content (AvgIpc) is 3.23. The Bertz CT molecular complexity index is 1160. The third-order valence-electron chi connectivity index (χ3n) is 4.61. The topological polar surface area (TPSA) is 69.0 Å². The van der Waals surface area contributed by atoms with E-state index in [0.29, 0.717) is 5.75 Å². The number of nitrogens with zero attached hydrogens (tertiary/aromatic N) is 3. The molecule has 0 unspecified atom stereocenters. The minimum Gasteiger partial charge on any atom is -0.496 e. The van der Waals surface area contributed by atoms with Crippen LogP contribution in [0.15, 0.2) is 79.3 Å². The second-order valence-corrected chi connectivity index (χ2v) is 6.55. The number of ether oxygens (including phenoxy) is 1. The van der Waals surface area contributed by atoms with Gasteiger partial charge in [0.2, 0.25) is 0 Å². The molecule has 0 aliphatic heterocycles. The summed E-state index contributed by atoms with van der Waals surface area (Å²) in [5, 5.41) is 7.54. The second-order valence-electron chi connectivity index (χ2n) is 6.55. The van der Waals surface area contributed by atoms with Crippen molar-refractivity contribution in [3.05, 3.63) is 96.2 Å². The van der Waals surface area contributed by atoms with Crippen molar-refractivity contribution in [3.8, 4) is 22.7 Å². The number of hydrogen-bond acceptors (Lipinski definition) is 4. The van der Waals surface area contributed by atoms with Gasteiger partial charge in [-0.05, 0) is 42.5 Å². The van der Waals surface area contributed by atoms with Crippen molar-refractivity contribution in [1.29, 1.82) is 0 Å². The molecule has 4 aromatic rings. The number of halogens is 1. The zero-order valence-corrected chi connectivity index (χ0v) is 16.2. The van der Waals surface area contributed by atoms with Crippen molar-refractivity contribution < 1.29 is 13.9 Å². The number of nitrogens with one attached hydrogen (secondary N) is 1. The highest BCUT2D eigenvalue weighted by molar-refractivity contribution is 5.97. The second kappa shape index (κ2) is 8.57. The first-order valence-electron chi connectivity index (χ1n) is 9.32. The van der Waals surface area contributed by atoms with Crippen LogP contribution in [-0.2, 0) is 6.54 Å². The molecule has 1 amide bonds. The molecule has 0 atom stereocenters. The van der Waals surface area contributed by atoms with Crippen LogP contribution in [0, 0.1) is 5.82 Å². The number of hydrogen-bond donors (Lipinski definition) is 1. The molecular weight excluding hydrogens is 383 g/mol. The molecule has 1 N–H and O–H groups in total. The molecule has 6 nitrogen and oxygen atoms in total. The van der Waals surface area contributed by atoms with E-state index in [1.54, 1.807) is 17.1 Å². The summed E-state index contributed by atoms with van der Waals surface area (Å²) in [4.78, 5) is 16.7. The van der Waals surface area contributed by atoms with Crippen LogP contribution in [0.1, 0.15) is 15.9 Å². The molecule has 0 bridgehead atoms. The fourth-order valence-electron chi connectivity index (χ4n) is 3.13. The van der Waals surface area contributed by atoms with Crippen LogP contribution in [0.3, 0.4) is 0 Å². The molecule has 0 spiro atoms. The normalized spacial score (nSPS) is 10.6. The Morgan fingerprint density at radius 3 is 2.60 bits per heavy atom. The summed E-state index contributed by atoms with van der Waals surface area (Å²) < 4.78 is 20.6.